The minimum atomic E-state index is -0.214. The molecule has 4 rings (SSSR count). The van der Waals surface area contributed by atoms with Crippen LogP contribution in [0.25, 0.3) is 11.1 Å². The number of nitrogens with one attached hydrogen (secondary N) is 2. The zero-order valence-corrected chi connectivity index (χ0v) is 15.7. The first-order chi connectivity index (χ1) is 13.6. The highest BCUT2D eigenvalue weighted by Gasteiger charge is 2.31. The van der Waals surface area contributed by atoms with Crippen LogP contribution in [0, 0.1) is 0 Å². The number of nitrogens with zero attached hydrogens (tertiary/aromatic N) is 4. The van der Waals surface area contributed by atoms with Crippen LogP contribution in [-0.4, -0.2) is 48.9 Å². The number of nitrogens with two attached hydrogens (primary N) is 1. The van der Waals surface area contributed by atoms with Crippen LogP contribution in [0.5, 0.6) is 0 Å². The third kappa shape index (κ3) is 3.08. The quantitative estimate of drug-likeness (QED) is 0.633. The summed E-state index contributed by atoms with van der Waals surface area (Å²) in [6.45, 7) is 3.59. The highest BCUT2D eigenvalue weighted by atomic mass is 16.2. The average Bonchev–Trinajstić information content (AvgIpc) is 3.30. The molecular formula is C19H23N7O2. The first-order valence-corrected chi connectivity index (χ1v) is 9.43. The summed E-state index contributed by atoms with van der Waals surface area (Å²) in [5.41, 5.74) is 7.68. The number of anilines is 1. The number of likely N-dealkylation sites (tertiary alicyclic amines) is 1. The van der Waals surface area contributed by atoms with E-state index in [-0.39, 0.29) is 17.5 Å². The van der Waals surface area contributed by atoms with Gasteiger partial charge in [0.15, 0.2) is 5.82 Å². The monoisotopic (exact) mass is 381 g/mol. The van der Waals surface area contributed by atoms with Crippen LogP contribution in [0.2, 0.25) is 0 Å². The lowest BCUT2D eigenvalue weighted by atomic mass is 9.96. The SMILES string of the molecule is CCn1c([C@H]2CCCN(C(=O)c3[nH]nc(N)c3-c3ccccc3)C2)n[nH]c1=O. The molecule has 9 nitrogen and oxygen atoms in total. The Kier molecular flexibility index (Phi) is 4.72. The summed E-state index contributed by atoms with van der Waals surface area (Å²) in [5, 5.41) is 13.6. The van der Waals surface area contributed by atoms with Crippen molar-refractivity contribution in [3.63, 3.8) is 0 Å². The predicted molar refractivity (Wildman–Crippen MR) is 105 cm³/mol. The van der Waals surface area contributed by atoms with Gasteiger partial charge in [-0.15, -0.1) is 0 Å². The van der Waals surface area contributed by atoms with Crippen molar-refractivity contribution in [2.75, 3.05) is 18.8 Å². The second-order valence-corrected chi connectivity index (χ2v) is 6.95. The summed E-state index contributed by atoms with van der Waals surface area (Å²) in [7, 11) is 0. The Balaban J connectivity index is 1.62. The molecule has 28 heavy (non-hydrogen) atoms. The van der Waals surface area contributed by atoms with E-state index < -0.39 is 0 Å². The fraction of sp³-hybridized carbons (Fsp3) is 0.368. The molecule has 0 aliphatic carbocycles. The van der Waals surface area contributed by atoms with Crippen LogP contribution < -0.4 is 11.4 Å². The minimum absolute atomic E-state index is 0.0112. The van der Waals surface area contributed by atoms with Gasteiger partial charge in [0.05, 0.1) is 5.56 Å². The molecule has 1 aliphatic rings. The maximum absolute atomic E-state index is 13.2. The van der Waals surface area contributed by atoms with Crippen molar-refractivity contribution in [1.29, 1.82) is 0 Å². The topological polar surface area (TPSA) is 126 Å². The summed E-state index contributed by atoms with van der Waals surface area (Å²) in [4.78, 5) is 26.9. The fourth-order valence-corrected chi connectivity index (χ4v) is 3.89. The molecule has 3 heterocycles. The number of benzene rings is 1. The predicted octanol–water partition coefficient (Wildman–Crippen LogP) is 1.58. The minimum Gasteiger partial charge on any atom is -0.382 e. The normalized spacial score (nSPS) is 17.0. The second kappa shape index (κ2) is 7.34. The second-order valence-electron chi connectivity index (χ2n) is 6.95. The molecule has 1 saturated heterocycles. The van der Waals surface area contributed by atoms with Gasteiger partial charge in [0.25, 0.3) is 5.91 Å². The van der Waals surface area contributed by atoms with Crippen LogP contribution in [-0.2, 0) is 6.54 Å². The Morgan fingerprint density at radius 3 is 2.79 bits per heavy atom. The number of rotatable bonds is 4. The first kappa shape index (κ1) is 18.0. The van der Waals surface area contributed by atoms with Gasteiger partial charge in [0, 0.05) is 25.6 Å². The molecule has 0 spiro atoms. The summed E-state index contributed by atoms with van der Waals surface area (Å²) in [6, 6.07) is 9.51. The number of piperidine rings is 1. The first-order valence-electron chi connectivity index (χ1n) is 9.43. The number of nitrogen functional groups attached to an aromatic ring is 1. The molecule has 4 N–H and O–H groups in total. The number of amides is 1. The molecule has 9 heteroatoms. The summed E-state index contributed by atoms with van der Waals surface area (Å²) >= 11 is 0. The van der Waals surface area contributed by atoms with E-state index in [0.29, 0.717) is 42.5 Å². The van der Waals surface area contributed by atoms with Crippen molar-refractivity contribution in [1.82, 2.24) is 29.9 Å². The summed E-state index contributed by atoms with van der Waals surface area (Å²) < 4.78 is 1.63. The third-order valence-electron chi connectivity index (χ3n) is 5.25. The smallest absolute Gasteiger partial charge is 0.343 e. The molecule has 2 aromatic heterocycles. The maximum atomic E-state index is 13.2. The molecular weight excluding hydrogens is 358 g/mol. The Bertz CT molecular complexity index is 1030. The van der Waals surface area contributed by atoms with Gasteiger partial charge in [-0.25, -0.2) is 9.89 Å². The van der Waals surface area contributed by atoms with Gasteiger partial charge in [0.2, 0.25) is 0 Å². The van der Waals surface area contributed by atoms with Gasteiger partial charge < -0.3 is 10.6 Å². The van der Waals surface area contributed by atoms with Crippen LogP contribution in [0.4, 0.5) is 5.82 Å². The number of aromatic amines is 2. The van der Waals surface area contributed by atoms with Crippen molar-refractivity contribution in [3.05, 3.63) is 52.3 Å². The van der Waals surface area contributed by atoms with Gasteiger partial charge in [-0.05, 0) is 25.3 Å². The third-order valence-corrected chi connectivity index (χ3v) is 5.25. The number of hydrogen-bond acceptors (Lipinski definition) is 5. The van der Waals surface area contributed by atoms with Crippen LogP contribution in [0.1, 0.15) is 42.0 Å². The van der Waals surface area contributed by atoms with Crippen LogP contribution >= 0.6 is 0 Å². The number of carbonyl (C=O) groups excluding carboxylic acids is 1. The van der Waals surface area contributed by atoms with Gasteiger partial charge in [-0.1, -0.05) is 30.3 Å². The average molecular weight is 381 g/mol. The number of H-pyrrole nitrogens is 2. The van der Waals surface area contributed by atoms with Crippen molar-refractivity contribution in [3.8, 4) is 11.1 Å². The Morgan fingerprint density at radius 2 is 2.04 bits per heavy atom. The van der Waals surface area contributed by atoms with Gasteiger partial charge in [-0.3, -0.25) is 14.5 Å². The standard InChI is InChI=1S/C19H23N7O2/c1-2-26-17(23-24-19(26)28)13-9-6-10-25(11-13)18(27)15-14(16(20)22-21-15)12-7-4-3-5-8-12/h3-5,7-8,13H,2,6,9-11H2,1H3,(H,24,28)(H3,20,21,22)/t13-/m0/s1. The Morgan fingerprint density at radius 1 is 1.25 bits per heavy atom. The Hall–Kier alpha value is -3.36. The summed E-state index contributed by atoms with van der Waals surface area (Å²) in [5.74, 6) is 0.873. The van der Waals surface area contributed by atoms with E-state index in [0.717, 1.165) is 18.4 Å². The summed E-state index contributed by atoms with van der Waals surface area (Å²) in [6.07, 6.45) is 1.72. The molecule has 0 radical (unpaired) electrons. The Labute approximate surface area is 161 Å². The lowest BCUT2D eigenvalue weighted by Crippen LogP contribution is -2.40. The number of hydrogen-bond donors (Lipinski definition) is 3. The fourth-order valence-electron chi connectivity index (χ4n) is 3.89. The van der Waals surface area contributed by atoms with Gasteiger partial charge >= 0.3 is 5.69 Å². The zero-order valence-electron chi connectivity index (χ0n) is 15.7. The molecule has 1 atom stereocenters. The lowest BCUT2D eigenvalue weighted by molar-refractivity contribution is 0.0698. The molecule has 3 aromatic rings. The van der Waals surface area contributed by atoms with Crippen molar-refractivity contribution < 1.29 is 4.79 Å². The van der Waals surface area contributed by atoms with E-state index in [1.54, 1.807) is 9.47 Å². The van der Waals surface area contributed by atoms with E-state index in [1.807, 2.05) is 37.3 Å². The highest BCUT2D eigenvalue weighted by molar-refractivity contribution is 6.01. The number of carbonyl (C=O) groups is 1. The largest absolute Gasteiger partial charge is 0.382 e. The van der Waals surface area contributed by atoms with Gasteiger partial charge in [0.1, 0.15) is 11.5 Å². The van der Waals surface area contributed by atoms with Gasteiger partial charge in [-0.2, -0.15) is 10.2 Å². The van der Waals surface area contributed by atoms with Crippen molar-refractivity contribution in [2.45, 2.75) is 32.2 Å². The lowest BCUT2D eigenvalue weighted by Gasteiger charge is -2.32. The molecule has 1 aliphatic heterocycles. The van der Waals surface area contributed by atoms with Crippen molar-refractivity contribution in [2.24, 2.45) is 0 Å². The molecule has 0 unspecified atom stereocenters. The number of aromatic nitrogens is 5. The van der Waals surface area contributed by atoms with E-state index in [2.05, 4.69) is 20.4 Å². The van der Waals surface area contributed by atoms with E-state index in [9.17, 15) is 9.59 Å². The van der Waals surface area contributed by atoms with Crippen LogP contribution in [0.15, 0.2) is 35.1 Å². The van der Waals surface area contributed by atoms with Crippen molar-refractivity contribution >= 4 is 11.7 Å². The highest BCUT2D eigenvalue weighted by Crippen LogP contribution is 2.31. The van der Waals surface area contributed by atoms with E-state index >= 15 is 0 Å². The van der Waals surface area contributed by atoms with E-state index in [1.165, 1.54) is 0 Å². The zero-order chi connectivity index (χ0) is 19.7. The van der Waals surface area contributed by atoms with Crippen LogP contribution in [0.3, 0.4) is 0 Å². The maximum Gasteiger partial charge on any atom is 0.343 e. The molecule has 1 aromatic carbocycles. The molecule has 1 amide bonds. The molecule has 1 fully saturated rings. The molecule has 146 valence electrons. The molecule has 0 bridgehead atoms. The molecule has 0 saturated carbocycles. The van der Waals surface area contributed by atoms with E-state index in [4.69, 9.17) is 5.73 Å².